The zero-order chi connectivity index (χ0) is 24.8. The molecule has 0 bridgehead atoms. The van der Waals surface area contributed by atoms with Gasteiger partial charge in [0.15, 0.2) is 5.82 Å². The highest BCUT2D eigenvalue weighted by molar-refractivity contribution is 5.98. The van der Waals surface area contributed by atoms with E-state index in [9.17, 15) is 0 Å². The molecule has 0 radical (unpaired) electrons. The molecule has 0 aliphatic rings. The fourth-order valence-electron chi connectivity index (χ4n) is 4.77. The van der Waals surface area contributed by atoms with Gasteiger partial charge in [0.1, 0.15) is 5.69 Å². The molecule has 8 nitrogen and oxygen atoms in total. The summed E-state index contributed by atoms with van der Waals surface area (Å²) >= 11 is 0. The summed E-state index contributed by atoms with van der Waals surface area (Å²) in [6, 6.07) is 10.5. The molecule has 5 aromatic heterocycles. The maximum atomic E-state index is 4.98. The highest BCUT2D eigenvalue weighted by Crippen LogP contribution is 2.35. The number of hydrogen-bond acceptors (Lipinski definition) is 6. The van der Waals surface area contributed by atoms with Crippen LogP contribution >= 0.6 is 0 Å². The van der Waals surface area contributed by atoms with Crippen molar-refractivity contribution in [3.8, 4) is 33.8 Å². The van der Waals surface area contributed by atoms with Crippen LogP contribution in [0.15, 0.2) is 67.5 Å². The van der Waals surface area contributed by atoms with Crippen LogP contribution in [0.5, 0.6) is 0 Å². The van der Waals surface area contributed by atoms with Gasteiger partial charge in [-0.3, -0.25) is 19.6 Å². The van der Waals surface area contributed by atoms with Crippen molar-refractivity contribution in [2.24, 2.45) is 7.05 Å². The molecular formula is C28H26N8. The van der Waals surface area contributed by atoms with Gasteiger partial charge in [-0.25, -0.2) is 4.98 Å². The first-order valence-corrected chi connectivity index (χ1v) is 11.8. The molecule has 0 atom stereocenters. The van der Waals surface area contributed by atoms with Crippen LogP contribution < -0.4 is 0 Å². The second kappa shape index (κ2) is 8.66. The minimum atomic E-state index is 0.716. The van der Waals surface area contributed by atoms with Crippen molar-refractivity contribution in [1.29, 1.82) is 0 Å². The van der Waals surface area contributed by atoms with Crippen LogP contribution in [-0.4, -0.2) is 53.7 Å². The van der Waals surface area contributed by atoms with E-state index in [4.69, 9.17) is 10.1 Å². The van der Waals surface area contributed by atoms with Crippen LogP contribution in [0.25, 0.3) is 55.7 Å². The summed E-state index contributed by atoms with van der Waals surface area (Å²) in [5, 5.41) is 5.90. The lowest BCUT2D eigenvalue weighted by atomic mass is 9.98. The number of aryl methyl sites for hydroxylation is 2. The third-order valence-corrected chi connectivity index (χ3v) is 6.41. The number of imidazole rings is 1. The van der Waals surface area contributed by atoms with Crippen LogP contribution in [0.4, 0.5) is 0 Å². The van der Waals surface area contributed by atoms with Crippen molar-refractivity contribution >= 4 is 21.9 Å². The van der Waals surface area contributed by atoms with E-state index < -0.39 is 0 Å². The molecule has 6 aromatic rings. The SMILES string of the molecule is Cc1cc2c(cc1-c1cncc(CN(C)C)c1)c(-c1nc3c(-c4ccncc4)cncc3[nH]1)nn2C. The Morgan fingerprint density at radius 3 is 2.50 bits per heavy atom. The minimum absolute atomic E-state index is 0.716. The van der Waals surface area contributed by atoms with E-state index in [1.165, 1.54) is 11.1 Å². The van der Waals surface area contributed by atoms with Crippen molar-refractivity contribution < 1.29 is 0 Å². The first kappa shape index (κ1) is 22.1. The minimum Gasteiger partial charge on any atom is -0.335 e. The first-order chi connectivity index (χ1) is 17.5. The number of nitrogens with one attached hydrogen (secondary N) is 1. The zero-order valence-electron chi connectivity index (χ0n) is 20.7. The lowest BCUT2D eigenvalue weighted by Gasteiger charge is -2.12. The van der Waals surface area contributed by atoms with E-state index in [1.807, 2.05) is 42.5 Å². The van der Waals surface area contributed by atoms with Gasteiger partial charge in [-0.2, -0.15) is 5.10 Å². The summed E-state index contributed by atoms with van der Waals surface area (Å²) in [4.78, 5) is 23.7. The average Bonchev–Trinajstić information content (AvgIpc) is 3.44. The van der Waals surface area contributed by atoms with Crippen LogP contribution in [0.3, 0.4) is 0 Å². The van der Waals surface area contributed by atoms with Gasteiger partial charge >= 0.3 is 0 Å². The monoisotopic (exact) mass is 474 g/mol. The molecule has 178 valence electrons. The molecule has 1 aromatic carbocycles. The van der Waals surface area contributed by atoms with E-state index >= 15 is 0 Å². The largest absolute Gasteiger partial charge is 0.335 e. The van der Waals surface area contributed by atoms with E-state index in [0.29, 0.717) is 5.82 Å². The fourth-order valence-corrected chi connectivity index (χ4v) is 4.77. The number of aromatic amines is 1. The van der Waals surface area contributed by atoms with Gasteiger partial charge in [0.2, 0.25) is 0 Å². The Balaban J connectivity index is 1.51. The van der Waals surface area contributed by atoms with Crippen LogP contribution in [0.1, 0.15) is 11.1 Å². The summed E-state index contributed by atoms with van der Waals surface area (Å²) in [6.07, 6.45) is 11.1. The van der Waals surface area contributed by atoms with Crippen molar-refractivity contribution in [2.75, 3.05) is 14.1 Å². The second-order valence-electron chi connectivity index (χ2n) is 9.38. The number of aromatic nitrogens is 7. The quantitative estimate of drug-likeness (QED) is 0.378. The highest BCUT2D eigenvalue weighted by Gasteiger charge is 2.18. The van der Waals surface area contributed by atoms with Crippen LogP contribution in [0, 0.1) is 6.92 Å². The predicted molar refractivity (Wildman–Crippen MR) is 142 cm³/mol. The molecule has 0 fully saturated rings. The fraction of sp³-hybridized carbons (Fsp3) is 0.179. The standard InChI is InChI=1S/C28H26N8/c1-17-9-25-22(11-21(17)20-10-18(12-30-13-20)16-35(2)3)27(34-36(25)4)28-32-24-15-31-14-23(26(24)33-28)19-5-7-29-8-6-19/h5-15H,16H2,1-4H3,(H,32,33). The summed E-state index contributed by atoms with van der Waals surface area (Å²) in [5.41, 5.74) is 10.2. The Morgan fingerprint density at radius 2 is 1.69 bits per heavy atom. The molecule has 8 heteroatoms. The Morgan fingerprint density at radius 1 is 0.889 bits per heavy atom. The van der Waals surface area contributed by atoms with Crippen molar-refractivity contribution in [2.45, 2.75) is 13.5 Å². The number of H-pyrrole nitrogens is 1. The first-order valence-electron chi connectivity index (χ1n) is 11.8. The van der Waals surface area contributed by atoms with Crippen LogP contribution in [-0.2, 0) is 13.6 Å². The zero-order valence-corrected chi connectivity index (χ0v) is 20.7. The number of fused-ring (bicyclic) bond motifs is 2. The van der Waals surface area contributed by atoms with E-state index in [2.05, 4.69) is 64.1 Å². The number of pyridine rings is 3. The molecule has 0 amide bonds. The molecule has 5 heterocycles. The Kier molecular flexibility index (Phi) is 5.30. The Labute approximate surface area is 208 Å². The Hall–Kier alpha value is -4.43. The number of nitrogens with zero attached hydrogens (tertiary/aromatic N) is 7. The number of benzene rings is 1. The molecule has 0 aliphatic carbocycles. The summed E-state index contributed by atoms with van der Waals surface area (Å²) in [6.45, 7) is 2.97. The summed E-state index contributed by atoms with van der Waals surface area (Å²) < 4.78 is 1.91. The van der Waals surface area contributed by atoms with Crippen molar-refractivity contribution in [1.82, 2.24) is 39.6 Å². The van der Waals surface area contributed by atoms with Gasteiger partial charge in [0.25, 0.3) is 0 Å². The van der Waals surface area contributed by atoms with Gasteiger partial charge in [-0.15, -0.1) is 0 Å². The Bertz CT molecular complexity index is 1710. The molecule has 36 heavy (non-hydrogen) atoms. The predicted octanol–water partition coefficient (Wildman–Crippen LogP) is 5.01. The van der Waals surface area contributed by atoms with E-state index in [1.54, 1.807) is 18.6 Å². The molecule has 0 unspecified atom stereocenters. The third-order valence-electron chi connectivity index (χ3n) is 6.41. The molecule has 1 N–H and O–H groups in total. The van der Waals surface area contributed by atoms with E-state index in [0.717, 1.165) is 56.4 Å². The lowest BCUT2D eigenvalue weighted by Crippen LogP contribution is -2.10. The van der Waals surface area contributed by atoms with E-state index in [-0.39, 0.29) is 0 Å². The molecule has 0 saturated carbocycles. The summed E-state index contributed by atoms with van der Waals surface area (Å²) in [7, 11) is 6.10. The molecule has 6 rings (SSSR count). The third kappa shape index (κ3) is 3.81. The van der Waals surface area contributed by atoms with Gasteiger partial charge < -0.3 is 9.88 Å². The molecule has 0 saturated heterocycles. The van der Waals surface area contributed by atoms with Crippen LogP contribution in [0.2, 0.25) is 0 Å². The van der Waals surface area contributed by atoms with Gasteiger partial charge in [0, 0.05) is 61.1 Å². The second-order valence-corrected chi connectivity index (χ2v) is 9.38. The van der Waals surface area contributed by atoms with Gasteiger partial charge in [-0.1, -0.05) is 0 Å². The number of rotatable bonds is 5. The number of hydrogen-bond donors (Lipinski definition) is 1. The molecular weight excluding hydrogens is 448 g/mol. The van der Waals surface area contributed by atoms with Crippen molar-refractivity contribution in [3.05, 3.63) is 78.6 Å². The maximum Gasteiger partial charge on any atom is 0.159 e. The topological polar surface area (TPSA) is 88.4 Å². The lowest BCUT2D eigenvalue weighted by molar-refractivity contribution is 0.402. The maximum absolute atomic E-state index is 4.98. The van der Waals surface area contributed by atoms with Gasteiger partial charge in [-0.05, 0) is 73.6 Å². The molecule has 0 aliphatic heterocycles. The van der Waals surface area contributed by atoms with Gasteiger partial charge in [0.05, 0.1) is 22.7 Å². The normalized spacial score (nSPS) is 11.7. The highest BCUT2D eigenvalue weighted by atomic mass is 15.3. The molecule has 0 spiro atoms. The van der Waals surface area contributed by atoms with Crippen molar-refractivity contribution in [3.63, 3.8) is 0 Å². The smallest absolute Gasteiger partial charge is 0.159 e. The summed E-state index contributed by atoms with van der Waals surface area (Å²) in [5.74, 6) is 0.716. The average molecular weight is 475 g/mol.